The monoisotopic (exact) mass is 364 g/mol. The Bertz CT molecular complexity index is 924. The normalized spacial score (nSPS) is 19.5. The highest BCUT2D eigenvalue weighted by atomic mass is 32.1. The van der Waals surface area contributed by atoms with Crippen LogP contribution in [0.5, 0.6) is 5.75 Å². The molecule has 1 aliphatic heterocycles. The molecule has 1 saturated heterocycles. The second-order valence-electron chi connectivity index (χ2n) is 6.29. The van der Waals surface area contributed by atoms with Crippen molar-refractivity contribution in [2.45, 2.75) is 19.0 Å². The van der Waals surface area contributed by atoms with E-state index in [1.54, 1.807) is 7.11 Å². The highest BCUT2D eigenvalue weighted by molar-refractivity contribution is 7.80. The molecule has 0 amide bonds. The van der Waals surface area contributed by atoms with Crippen molar-refractivity contribution < 1.29 is 4.74 Å². The van der Waals surface area contributed by atoms with Crippen molar-refractivity contribution in [3.63, 3.8) is 0 Å². The zero-order chi connectivity index (χ0) is 18.1. The lowest BCUT2D eigenvalue weighted by atomic mass is 10.0. The fourth-order valence-corrected chi connectivity index (χ4v) is 3.75. The lowest BCUT2D eigenvalue weighted by molar-refractivity contribution is 0.414. The second kappa shape index (κ2) is 6.80. The summed E-state index contributed by atoms with van der Waals surface area (Å²) in [4.78, 5) is 10.1. The number of aromatic amines is 1. The molecule has 0 aliphatic carbocycles. The number of nitrogens with zero attached hydrogens (tertiary/aromatic N) is 2. The Morgan fingerprint density at radius 1 is 1.12 bits per heavy atom. The number of thiocarbonyl (C=S) groups is 1. The molecule has 2 N–H and O–H groups in total. The molecule has 1 aromatic carbocycles. The van der Waals surface area contributed by atoms with Gasteiger partial charge in [-0.2, -0.15) is 0 Å². The molecule has 132 valence electrons. The third-order valence-electron chi connectivity index (χ3n) is 4.60. The maximum Gasteiger partial charge on any atom is 0.174 e. The Balaban J connectivity index is 1.82. The van der Waals surface area contributed by atoms with Gasteiger partial charge in [-0.25, -0.2) is 0 Å². The van der Waals surface area contributed by atoms with Gasteiger partial charge in [-0.3, -0.25) is 4.98 Å². The minimum absolute atomic E-state index is 0.0294. The molecule has 0 spiro atoms. The van der Waals surface area contributed by atoms with Crippen molar-refractivity contribution in [1.82, 2.24) is 15.3 Å². The zero-order valence-corrected chi connectivity index (χ0v) is 15.5. The Morgan fingerprint density at radius 3 is 2.69 bits per heavy atom. The van der Waals surface area contributed by atoms with Crippen LogP contribution < -0.4 is 15.0 Å². The highest BCUT2D eigenvalue weighted by Gasteiger charge is 2.41. The topological polar surface area (TPSA) is 53.2 Å². The van der Waals surface area contributed by atoms with E-state index >= 15 is 0 Å². The maximum absolute atomic E-state index is 5.70. The quantitative estimate of drug-likeness (QED) is 0.688. The van der Waals surface area contributed by atoms with E-state index in [1.807, 2.05) is 48.7 Å². The molecule has 2 aromatic heterocycles. The fraction of sp³-hybridized carbons (Fsp3) is 0.200. The van der Waals surface area contributed by atoms with Crippen LogP contribution in [0.3, 0.4) is 0 Å². The van der Waals surface area contributed by atoms with Gasteiger partial charge in [-0.15, -0.1) is 0 Å². The van der Waals surface area contributed by atoms with Crippen LogP contribution >= 0.6 is 12.2 Å². The number of aromatic nitrogens is 2. The standard InChI is InChI=1S/C20H20N4OS/c1-13-9-10-17(22-13)19-18(16-8-3-4-11-21-16)23-20(26)24(19)14-6-5-7-15(12-14)25-2/h3-12,18-19,22H,1-2H3,(H,23,26)/t18-,19-/m0/s1. The average Bonchev–Trinajstić information content (AvgIpc) is 3.25. The molecular formula is C20H20N4OS. The first-order chi connectivity index (χ1) is 12.7. The Morgan fingerprint density at radius 2 is 2.00 bits per heavy atom. The summed E-state index contributed by atoms with van der Waals surface area (Å²) in [5, 5.41) is 4.12. The number of rotatable bonds is 4. The van der Waals surface area contributed by atoms with Crippen molar-refractivity contribution in [2.24, 2.45) is 0 Å². The molecule has 3 heterocycles. The highest BCUT2D eigenvalue weighted by Crippen LogP contribution is 2.41. The number of benzene rings is 1. The summed E-state index contributed by atoms with van der Waals surface area (Å²) < 4.78 is 5.40. The van der Waals surface area contributed by atoms with Crippen LogP contribution in [0.2, 0.25) is 0 Å². The number of pyridine rings is 1. The Hall–Kier alpha value is -2.86. The number of nitrogens with one attached hydrogen (secondary N) is 2. The summed E-state index contributed by atoms with van der Waals surface area (Å²) in [5.74, 6) is 0.799. The summed E-state index contributed by atoms with van der Waals surface area (Å²) in [6.07, 6.45) is 1.81. The number of H-pyrrole nitrogens is 1. The summed E-state index contributed by atoms with van der Waals surface area (Å²) in [6, 6.07) is 18.0. The molecule has 4 rings (SSSR count). The molecule has 1 fully saturated rings. The van der Waals surface area contributed by atoms with Crippen LogP contribution in [-0.4, -0.2) is 22.2 Å². The van der Waals surface area contributed by atoms with Crippen molar-refractivity contribution in [3.8, 4) is 5.75 Å². The number of ether oxygens (including phenoxy) is 1. The van der Waals surface area contributed by atoms with Gasteiger partial charge in [-0.05, 0) is 55.5 Å². The summed E-state index contributed by atoms with van der Waals surface area (Å²) in [6.45, 7) is 2.05. The molecule has 2 atom stereocenters. The van der Waals surface area contributed by atoms with Crippen LogP contribution in [0.15, 0.2) is 60.8 Å². The lowest BCUT2D eigenvalue weighted by Gasteiger charge is -2.27. The van der Waals surface area contributed by atoms with Crippen molar-refractivity contribution in [1.29, 1.82) is 0 Å². The van der Waals surface area contributed by atoms with Gasteiger partial charge in [-0.1, -0.05) is 12.1 Å². The first kappa shape index (κ1) is 16.6. The number of hydrogen-bond donors (Lipinski definition) is 2. The van der Waals surface area contributed by atoms with E-state index in [9.17, 15) is 0 Å². The first-order valence-electron chi connectivity index (χ1n) is 8.47. The predicted octanol–water partition coefficient (Wildman–Crippen LogP) is 3.90. The lowest BCUT2D eigenvalue weighted by Crippen LogP contribution is -2.29. The van der Waals surface area contributed by atoms with Gasteiger partial charge in [0.05, 0.1) is 18.8 Å². The van der Waals surface area contributed by atoms with E-state index in [1.165, 1.54) is 0 Å². The van der Waals surface area contributed by atoms with Gasteiger partial charge < -0.3 is 19.9 Å². The van der Waals surface area contributed by atoms with Gasteiger partial charge in [0, 0.05) is 29.3 Å². The van der Waals surface area contributed by atoms with Gasteiger partial charge in [0.2, 0.25) is 0 Å². The van der Waals surface area contributed by atoms with Crippen LogP contribution in [0.1, 0.15) is 29.2 Å². The third-order valence-corrected chi connectivity index (χ3v) is 4.92. The first-order valence-corrected chi connectivity index (χ1v) is 8.88. The zero-order valence-electron chi connectivity index (χ0n) is 14.6. The summed E-state index contributed by atoms with van der Waals surface area (Å²) in [5.41, 5.74) is 4.14. The fourth-order valence-electron chi connectivity index (χ4n) is 3.41. The van der Waals surface area contributed by atoms with E-state index in [0.29, 0.717) is 5.11 Å². The Kier molecular flexibility index (Phi) is 4.34. The number of aryl methyl sites for hydroxylation is 1. The molecule has 26 heavy (non-hydrogen) atoms. The molecule has 0 saturated carbocycles. The average molecular weight is 364 g/mol. The molecular weight excluding hydrogens is 344 g/mol. The van der Waals surface area contributed by atoms with Gasteiger partial charge in [0.15, 0.2) is 5.11 Å². The van der Waals surface area contributed by atoms with Crippen molar-refractivity contribution in [3.05, 3.63) is 77.9 Å². The van der Waals surface area contributed by atoms with Crippen molar-refractivity contribution >= 4 is 23.0 Å². The van der Waals surface area contributed by atoms with Crippen LogP contribution in [0, 0.1) is 6.92 Å². The molecule has 5 nitrogen and oxygen atoms in total. The van der Waals surface area contributed by atoms with E-state index < -0.39 is 0 Å². The van der Waals surface area contributed by atoms with E-state index in [4.69, 9.17) is 17.0 Å². The van der Waals surface area contributed by atoms with Crippen LogP contribution in [0.25, 0.3) is 0 Å². The molecule has 0 bridgehead atoms. The van der Waals surface area contributed by atoms with Gasteiger partial charge in [0.25, 0.3) is 0 Å². The van der Waals surface area contributed by atoms with Crippen molar-refractivity contribution in [2.75, 3.05) is 12.0 Å². The Labute approximate surface area is 158 Å². The SMILES string of the molecule is COc1cccc(N2C(=S)N[C@@H](c3ccccn3)[C@@H]2c2ccc(C)[nH]2)c1. The van der Waals surface area contributed by atoms with E-state index in [2.05, 4.69) is 39.2 Å². The third kappa shape index (κ3) is 2.93. The van der Waals surface area contributed by atoms with E-state index in [-0.39, 0.29) is 12.1 Å². The minimum atomic E-state index is -0.0482. The molecule has 3 aromatic rings. The molecule has 6 heteroatoms. The predicted molar refractivity (Wildman–Crippen MR) is 106 cm³/mol. The number of methoxy groups -OCH3 is 1. The molecule has 0 unspecified atom stereocenters. The smallest absolute Gasteiger partial charge is 0.174 e. The molecule has 0 radical (unpaired) electrons. The second-order valence-corrected chi connectivity index (χ2v) is 6.68. The minimum Gasteiger partial charge on any atom is -0.497 e. The summed E-state index contributed by atoms with van der Waals surface area (Å²) >= 11 is 5.70. The van der Waals surface area contributed by atoms with Crippen LogP contribution in [0.4, 0.5) is 5.69 Å². The van der Waals surface area contributed by atoms with Gasteiger partial charge in [0.1, 0.15) is 11.8 Å². The number of hydrogen-bond acceptors (Lipinski definition) is 3. The summed E-state index contributed by atoms with van der Waals surface area (Å²) in [7, 11) is 1.67. The van der Waals surface area contributed by atoms with Crippen LogP contribution in [-0.2, 0) is 0 Å². The van der Waals surface area contributed by atoms with Gasteiger partial charge >= 0.3 is 0 Å². The maximum atomic E-state index is 5.70. The van der Waals surface area contributed by atoms with E-state index in [0.717, 1.165) is 28.5 Å². The number of anilines is 1. The largest absolute Gasteiger partial charge is 0.497 e. The molecule has 1 aliphatic rings.